The van der Waals surface area contributed by atoms with Crippen LogP contribution in [0.3, 0.4) is 0 Å². The van der Waals surface area contributed by atoms with Gasteiger partial charge < -0.3 is 10.6 Å². The van der Waals surface area contributed by atoms with Crippen molar-refractivity contribution in [3.05, 3.63) is 95.6 Å². The summed E-state index contributed by atoms with van der Waals surface area (Å²) < 4.78 is 0. The monoisotopic (exact) mass is 529 g/mol. The minimum atomic E-state index is -0.673. The third-order valence-electron chi connectivity index (χ3n) is 6.53. The Morgan fingerprint density at radius 2 is 1.36 bits per heavy atom. The van der Waals surface area contributed by atoms with Gasteiger partial charge in [0.15, 0.2) is 5.78 Å². The third-order valence-corrected chi connectivity index (χ3v) is 6.53. The van der Waals surface area contributed by atoms with E-state index in [-0.39, 0.29) is 24.7 Å². The quantitative estimate of drug-likeness (QED) is 0.143. The number of Topliss-reactive ketones (excluding diaryl/α,β-unsaturated/α-hetero) is 1. The summed E-state index contributed by atoms with van der Waals surface area (Å²) in [6.45, 7) is 1.82. The van der Waals surface area contributed by atoms with Gasteiger partial charge in [0, 0.05) is 24.4 Å². The maximum atomic E-state index is 12.7. The molecule has 0 aliphatic carbocycles. The van der Waals surface area contributed by atoms with Gasteiger partial charge in [-0.15, -0.1) is 0 Å². The Balaban J connectivity index is 1.46. The highest BCUT2D eigenvalue weighted by atomic mass is 16.5. The average Bonchev–Trinajstić information content (AvgIpc) is 2.96. The highest BCUT2D eigenvalue weighted by molar-refractivity contribution is 5.94. The smallest absolute Gasteiger partial charge is 0.244 e. The molecule has 0 saturated carbocycles. The van der Waals surface area contributed by atoms with Gasteiger partial charge in [0.1, 0.15) is 0 Å². The van der Waals surface area contributed by atoms with E-state index in [0.29, 0.717) is 37.8 Å². The molecular formula is C31H35N3O5. The number of hydroxylamine groups is 1. The molecule has 0 aliphatic heterocycles. The van der Waals surface area contributed by atoms with Gasteiger partial charge in [-0.2, -0.15) is 0 Å². The molecule has 0 bridgehead atoms. The molecule has 1 atom stereocenters. The minimum Gasteiger partial charge on any atom is -0.354 e. The predicted molar refractivity (Wildman–Crippen MR) is 149 cm³/mol. The van der Waals surface area contributed by atoms with Crippen molar-refractivity contribution >= 4 is 23.5 Å². The summed E-state index contributed by atoms with van der Waals surface area (Å²) in [5, 5.41) is 14.3. The number of rotatable bonds is 14. The van der Waals surface area contributed by atoms with Gasteiger partial charge >= 0.3 is 0 Å². The summed E-state index contributed by atoms with van der Waals surface area (Å²) in [6, 6.07) is 25.3. The van der Waals surface area contributed by atoms with Crippen LogP contribution in [0, 0.1) is 5.92 Å². The number of aryl methyl sites for hydroxylation is 1. The van der Waals surface area contributed by atoms with Crippen LogP contribution in [0.2, 0.25) is 0 Å². The summed E-state index contributed by atoms with van der Waals surface area (Å²) in [5.74, 6) is -2.00. The fraction of sp³-hybridized carbons (Fsp3) is 0.290. The molecule has 3 aromatic rings. The highest BCUT2D eigenvalue weighted by Gasteiger charge is 2.22. The standard InChI is InChI=1S/C31H35N3O5/c1-22(35)25-14-16-27(17-15-25)26-12-10-24(11-13-26)8-5-9-28(20-29(36)34-39)31(38)33-21-30(37)32-19-18-23-6-3-2-4-7-23/h2-4,6-7,10-17,28,39H,5,8-9,18-21H2,1H3,(H,32,37)(H,33,38)(H,34,36). The minimum absolute atomic E-state index is 0.0301. The first-order chi connectivity index (χ1) is 18.9. The zero-order valence-corrected chi connectivity index (χ0v) is 22.1. The molecule has 0 spiro atoms. The molecule has 0 heterocycles. The number of carbonyl (C=O) groups is 4. The van der Waals surface area contributed by atoms with E-state index in [1.165, 1.54) is 0 Å². The van der Waals surface area contributed by atoms with E-state index >= 15 is 0 Å². The second-order valence-corrected chi connectivity index (χ2v) is 9.46. The van der Waals surface area contributed by atoms with Crippen LogP contribution in [-0.2, 0) is 27.2 Å². The van der Waals surface area contributed by atoms with E-state index in [4.69, 9.17) is 5.21 Å². The van der Waals surface area contributed by atoms with E-state index in [1.54, 1.807) is 12.4 Å². The Hall–Kier alpha value is -4.30. The molecule has 0 fully saturated rings. The van der Waals surface area contributed by atoms with Crippen LogP contribution in [0.15, 0.2) is 78.9 Å². The van der Waals surface area contributed by atoms with Crippen LogP contribution < -0.4 is 16.1 Å². The predicted octanol–water partition coefficient (Wildman–Crippen LogP) is 3.87. The first-order valence-corrected chi connectivity index (χ1v) is 13.1. The van der Waals surface area contributed by atoms with Gasteiger partial charge in [-0.3, -0.25) is 24.4 Å². The summed E-state index contributed by atoms with van der Waals surface area (Å²) in [5.41, 5.74) is 6.50. The van der Waals surface area contributed by atoms with Gasteiger partial charge in [-0.05, 0) is 54.9 Å². The van der Waals surface area contributed by atoms with Crippen molar-refractivity contribution in [1.29, 1.82) is 0 Å². The summed E-state index contributed by atoms with van der Waals surface area (Å²) in [4.78, 5) is 48.1. The molecule has 204 valence electrons. The SMILES string of the molecule is CC(=O)c1ccc(-c2ccc(CCCC(CC(=O)NO)C(=O)NCC(=O)NCCc3ccccc3)cc2)cc1. The Bertz CT molecular complexity index is 1240. The second-order valence-electron chi connectivity index (χ2n) is 9.46. The van der Waals surface area contributed by atoms with Crippen molar-refractivity contribution in [2.75, 3.05) is 13.1 Å². The Kier molecular flexibility index (Phi) is 11.4. The zero-order chi connectivity index (χ0) is 28.0. The van der Waals surface area contributed by atoms with E-state index in [9.17, 15) is 19.2 Å². The van der Waals surface area contributed by atoms with E-state index < -0.39 is 17.7 Å². The number of nitrogens with one attached hydrogen (secondary N) is 3. The van der Waals surface area contributed by atoms with Gasteiger partial charge in [-0.1, -0.05) is 78.9 Å². The van der Waals surface area contributed by atoms with E-state index in [2.05, 4.69) is 10.6 Å². The maximum absolute atomic E-state index is 12.7. The van der Waals surface area contributed by atoms with Crippen molar-refractivity contribution in [1.82, 2.24) is 16.1 Å². The largest absolute Gasteiger partial charge is 0.354 e. The van der Waals surface area contributed by atoms with Crippen molar-refractivity contribution in [3.63, 3.8) is 0 Å². The number of hydrogen-bond donors (Lipinski definition) is 4. The van der Waals surface area contributed by atoms with E-state index in [0.717, 1.165) is 22.3 Å². The van der Waals surface area contributed by atoms with Crippen molar-refractivity contribution in [2.24, 2.45) is 5.92 Å². The normalized spacial score (nSPS) is 11.3. The molecule has 0 aliphatic rings. The van der Waals surface area contributed by atoms with Gasteiger partial charge in [0.2, 0.25) is 17.7 Å². The number of carbonyl (C=O) groups excluding carboxylic acids is 4. The number of hydrogen-bond acceptors (Lipinski definition) is 5. The molecule has 4 N–H and O–H groups in total. The van der Waals surface area contributed by atoms with Crippen LogP contribution in [0.1, 0.15) is 47.7 Å². The van der Waals surface area contributed by atoms with Gasteiger partial charge in [0.25, 0.3) is 0 Å². The van der Waals surface area contributed by atoms with Gasteiger partial charge in [-0.25, -0.2) is 5.48 Å². The highest BCUT2D eigenvalue weighted by Crippen LogP contribution is 2.22. The number of benzene rings is 3. The number of ketones is 1. The second kappa shape index (κ2) is 15.2. The lowest BCUT2D eigenvalue weighted by Gasteiger charge is -2.16. The molecule has 0 saturated heterocycles. The molecule has 3 rings (SSSR count). The molecule has 3 aromatic carbocycles. The summed E-state index contributed by atoms with van der Waals surface area (Å²) >= 11 is 0. The van der Waals surface area contributed by atoms with Crippen LogP contribution in [0.25, 0.3) is 11.1 Å². The lowest BCUT2D eigenvalue weighted by Crippen LogP contribution is -2.41. The molecule has 8 nitrogen and oxygen atoms in total. The van der Waals surface area contributed by atoms with Crippen LogP contribution >= 0.6 is 0 Å². The lowest BCUT2D eigenvalue weighted by molar-refractivity contribution is -0.135. The summed E-state index contributed by atoms with van der Waals surface area (Å²) in [7, 11) is 0. The molecular weight excluding hydrogens is 494 g/mol. The Morgan fingerprint density at radius 3 is 1.97 bits per heavy atom. The van der Waals surface area contributed by atoms with E-state index in [1.807, 2.05) is 78.9 Å². The topological polar surface area (TPSA) is 125 Å². The lowest BCUT2D eigenvalue weighted by atomic mass is 9.94. The van der Waals surface area contributed by atoms with Crippen LogP contribution in [0.4, 0.5) is 0 Å². The summed E-state index contributed by atoms with van der Waals surface area (Å²) in [6.07, 6.45) is 2.28. The molecule has 39 heavy (non-hydrogen) atoms. The number of amides is 3. The zero-order valence-electron chi connectivity index (χ0n) is 22.1. The first kappa shape index (κ1) is 29.3. The molecule has 0 radical (unpaired) electrons. The first-order valence-electron chi connectivity index (χ1n) is 13.1. The van der Waals surface area contributed by atoms with Crippen LogP contribution in [-0.4, -0.2) is 41.8 Å². The fourth-order valence-electron chi connectivity index (χ4n) is 4.27. The van der Waals surface area contributed by atoms with Crippen LogP contribution in [0.5, 0.6) is 0 Å². The Morgan fingerprint density at radius 1 is 0.744 bits per heavy atom. The van der Waals surface area contributed by atoms with Crippen molar-refractivity contribution in [3.8, 4) is 11.1 Å². The molecule has 1 unspecified atom stereocenters. The Labute approximate surface area is 228 Å². The van der Waals surface area contributed by atoms with Crippen molar-refractivity contribution < 1.29 is 24.4 Å². The van der Waals surface area contributed by atoms with Gasteiger partial charge in [0.05, 0.1) is 6.54 Å². The third kappa shape index (κ3) is 9.83. The molecule has 0 aromatic heterocycles. The molecule has 3 amide bonds. The average molecular weight is 530 g/mol. The van der Waals surface area contributed by atoms with Crippen molar-refractivity contribution in [2.45, 2.75) is 39.0 Å². The fourth-order valence-corrected chi connectivity index (χ4v) is 4.27. The maximum Gasteiger partial charge on any atom is 0.244 e. The molecule has 8 heteroatoms.